The quantitative estimate of drug-likeness (QED) is 0.940. The smallest absolute Gasteiger partial charge is 0.251 e. The second kappa shape index (κ2) is 7.60. The number of carbonyl (C=O) groups is 1. The second-order valence-corrected chi connectivity index (χ2v) is 6.02. The van der Waals surface area contributed by atoms with Crippen molar-refractivity contribution in [3.63, 3.8) is 0 Å². The molecule has 1 aliphatic heterocycles. The molecule has 0 aliphatic carbocycles. The van der Waals surface area contributed by atoms with Gasteiger partial charge in [0.2, 0.25) is 0 Å². The van der Waals surface area contributed by atoms with Crippen molar-refractivity contribution >= 4 is 11.7 Å². The molecule has 0 saturated carbocycles. The Morgan fingerprint density at radius 1 is 1.25 bits per heavy atom. The molecule has 5 nitrogen and oxygen atoms in total. The average Bonchev–Trinajstić information content (AvgIpc) is 2.67. The predicted molar refractivity (Wildman–Crippen MR) is 92.7 cm³/mol. The summed E-state index contributed by atoms with van der Waals surface area (Å²) in [5, 5.41) is 11.9. The molecule has 24 heavy (non-hydrogen) atoms. The molecular weight excluding hydrogens is 300 g/mol. The van der Waals surface area contributed by atoms with Gasteiger partial charge in [-0.15, -0.1) is 0 Å². The van der Waals surface area contributed by atoms with Gasteiger partial charge in [0.1, 0.15) is 5.82 Å². The fourth-order valence-corrected chi connectivity index (χ4v) is 2.98. The van der Waals surface area contributed by atoms with E-state index in [1.165, 1.54) is 0 Å². The van der Waals surface area contributed by atoms with Crippen LogP contribution in [-0.4, -0.2) is 30.5 Å². The summed E-state index contributed by atoms with van der Waals surface area (Å²) in [5.74, 6) is 1.39. The molecule has 1 fully saturated rings. The zero-order valence-electron chi connectivity index (χ0n) is 13.5. The zero-order chi connectivity index (χ0) is 16.8. The first-order chi connectivity index (χ1) is 11.8. The first kappa shape index (κ1) is 16.0. The maximum absolute atomic E-state index is 12.2. The Balaban J connectivity index is 1.48. The van der Waals surface area contributed by atoms with E-state index < -0.39 is 0 Å². The van der Waals surface area contributed by atoms with Crippen LogP contribution in [0, 0.1) is 17.2 Å². The fourth-order valence-electron chi connectivity index (χ4n) is 2.98. The third kappa shape index (κ3) is 3.90. The topological polar surface area (TPSA) is 69.0 Å². The summed E-state index contributed by atoms with van der Waals surface area (Å²) in [4.78, 5) is 18.9. The lowest BCUT2D eigenvalue weighted by Gasteiger charge is -2.32. The summed E-state index contributed by atoms with van der Waals surface area (Å²) >= 11 is 0. The largest absolute Gasteiger partial charge is 0.357 e. The van der Waals surface area contributed by atoms with E-state index in [0.717, 1.165) is 31.7 Å². The van der Waals surface area contributed by atoms with E-state index in [9.17, 15) is 4.79 Å². The number of aromatic nitrogens is 1. The Hall–Kier alpha value is -2.87. The van der Waals surface area contributed by atoms with Gasteiger partial charge in [0.05, 0.1) is 11.6 Å². The monoisotopic (exact) mass is 320 g/mol. The predicted octanol–water partition coefficient (Wildman–Crippen LogP) is 2.60. The molecule has 0 unspecified atom stereocenters. The van der Waals surface area contributed by atoms with Crippen molar-refractivity contribution in [3.8, 4) is 6.07 Å². The van der Waals surface area contributed by atoms with Crippen molar-refractivity contribution in [2.24, 2.45) is 5.92 Å². The normalized spacial score (nSPS) is 14.9. The summed E-state index contributed by atoms with van der Waals surface area (Å²) in [5.41, 5.74) is 1.05. The first-order valence-corrected chi connectivity index (χ1v) is 8.20. The van der Waals surface area contributed by atoms with Gasteiger partial charge in [-0.1, -0.05) is 12.1 Å². The van der Waals surface area contributed by atoms with E-state index in [0.29, 0.717) is 23.6 Å². The number of nitrogens with one attached hydrogen (secondary N) is 1. The fraction of sp³-hybridized carbons (Fsp3) is 0.316. The molecule has 0 atom stereocenters. The Morgan fingerprint density at radius 3 is 2.79 bits per heavy atom. The number of nitriles is 1. The van der Waals surface area contributed by atoms with Gasteiger partial charge < -0.3 is 10.2 Å². The second-order valence-electron chi connectivity index (χ2n) is 6.02. The molecule has 2 heterocycles. The van der Waals surface area contributed by atoms with Gasteiger partial charge in [0, 0.05) is 31.4 Å². The van der Waals surface area contributed by atoms with Gasteiger partial charge >= 0.3 is 0 Å². The number of pyridine rings is 1. The molecule has 3 rings (SSSR count). The molecule has 1 saturated heterocycles. The number of piperidine rings is 1. The Bertz CT molecular complexity index is 731. The van der Waals surface area contributed by atoms with Crippen molar-refractivity contribution in [1.82, 2.24) is 10.3 Å². The number of hydrogen-bond donors (Lipinski definition) is 1. The third-order valence-corrected chi connectivity index (χ3v) is 4.39. The third-order valence-electron chi connectivity index (χ3n) is 4.39. The average molecular weight is 320 g/mol. The molecule has 1 N–H and O–H groups in total. The van der Waals surface area contributed by atoms with Crippen molar-refractivity contribution in [3.05, 3.63) is 59.8 Å². The van der Waals surface area contributed by atoms with Crippen LogP contribution in [0.3, 0.4) is 0 Å². The Labute approximate surface area is 141 Å². The minimum absolute atomic E-state index is 0.112. The Kier molecular flexibility index (Phi) is 5.07. The number of amides is 1. The van der Waals surface area contributed by atoms with Crippen LogP contribution in [0.15, 0.2) is 48.7 Å². The van der Waals surface area contributed by atoms with Crippen molar-refractivity contribution < 1.29 is 4.79 Å². The lowest BCUT2D eigenvalue weighted by molar-refractivity contribution is 0.0945. The molecule has 2 aromatic rings. The highest BCUT2D eigenvalue weighted by Crippen LogP contribution is 2.21. The van der Waals surface area contributed by atoms with E-state index >= 15 is 0 Å². The van der Waals surface area contributed by atoms with Gasteiger partial charge in [-0.25, -0.2) is 4.98 Å². The number of nitrogens with zero attached hydrogens (tertiary/aromatic N) is 3. The van der Waals surface area contributed by atoms with E-state index in [4.69, 9.17) is 5.26 Å². The number of benzene rings is 1. The summed E-state index contributed by atoms with van der Waals surface area (Å²) < 4.78 is 0. The molecule has 0 spiro atoms. The van der Waals surface area contributed by atoms with Crippen molar-refractivity contribution in [2.45, 2.75) is 12.8 Å². The molecule has 1 aromatic carbocycles. The SMILES string of the molecule is N#Cc1cccc(C(=O)NCC2CCN(c3ccccn3)CC2)c1. The summed E-state index contributed by atoms with van der Waals surface area (Å²) in [6, 6.07) is 14.8. The van der Waals surface area contributed by atoms with Crippen LogP contribution in [-0.2, 0) is 0 Å². The highest BCUT2D eigenvalue weighted by molar-refractivity contribution is 5.94. The molecule has 122 valence electrons. The van der Waals surface area contributed by atoms with Crippen molar-refractivity contribution in [1.29, 1.82) is 5.26 Å². The lowest BCUT2D eigenvalue weighted by Crippen LogP contribution is -2.39. The van der Waals surface area contributed by atoms with E-state index in [1.54, 1.807) is 24.3 Å². The maximum atomic E-state index is 12.2. The first-order valence-electron chi connectivity index (χ1n) is 8.20. The van der Waals surface area contributed by atoms with Crippen LogP contribution < -0.4 is 10.2 Å². The van der Waals surface area contributed by atoms with E-state index in [1.807, 2.05) is 24.4 Å². The van der Waals surface area contributed by atoms with Crippen LogP contribution in [0.5, 0.6) is 0 Å². The van der Waals surface area contributed by atoms with Gasteiger partial charge in [-0.05, 0) is 49.1 Å². The zero-order valence-corrected chi connectivity index (χ0v) is 13.5. The van der Waals surface area contributed by atoms with Gasteiger partial charge in [0.15, 0.2) is 0 Å². The molecule has 5 heteroatoms. The van der Waals surface area contributed by atoms with Crippen LogP contribution in [0.25, 0.3) is 0 Å². The summed E-state index contributed by atoms with van der Waals surface area (Å²) in [6.45, 7) is 2.59. The van der Waals surface area contributed by atoms with Crippen LogP contribution in [0.2, 0.25) is 0 Å². The van der Waals surface area contributed by atoms with Crippen LogP contribution >= 0.6 is 0 Å². The molecule has 0 radical (unpaired) electrons. The van der Waals surface area contributed by atoms with Crippen LogP contribution in [0.4, 0.5) is 5.82 Å². The van der Waals surface area contributed by atoms with E-state index in [-0.39, 0.29) is 5.91 Å². The highest BCUT2D eigenvalue weighted by Gasteiger charge is 2.20. The Morgan fingerprint density at radius 2 is 2.08 bits per heavy atom. The minimum atomic E-state index is -0.112. The highest BCUT2D eigenvalue weighted by atomic mass is 16.1. The molecule has 1 aromatic heterocycles. The van der Waals surface area contributed by atoms with Gasteiger partial charge in [0.25, 0.3) is 5.91 Å². The summed E-state index contributed by atoms with van der Waals surface area (Å²) in [6.07, 6.45) is 3.89. The molecular formula is C19H20N4O. The summed E-state index contributed by atoms with van der Waals surface area (Å²) in [7, 11) is 0. The molecule has 0 bridgehead atoms. The van der Waals surface area contributed by atoms with Crippen LogP contribution in [0.1, 0.15) is 28.8 Å². The number of rotatable bonds is 4. The standard InChI is InChI=1S/C19H20N4O/c20-13-16-4-3-5-17(12-16)19(24)22-14-15-7-10-23(11-8-15)18-6-1-2-9-21-18/h1-6,9,12,15H,7-8,10-11,14H2,(H,22,24). The van der Waals surface area contributed by atoms with Gasteiger partial charge in [-0.2, -0.15) is 5.26 Å². The molecule has 1 amide bonds. The number of hydrogen-bond acceptors (Lipinski definition) is 4. The van der Waals surface area contributed by atoms with Gasteiger partial charge in [-0.3, -0.25) is 4.79 Å². The van der Waals surface area contributed by atoms with E-state index in [2.05, 4.69) is 21.3 Å². The van der Waals surface area contributed by atoms with Crippen molar-refractivity contribution in [2.75, 3.05) is 24.5 Å². The maximum Gasteiger partial charge on any atom is 0.251 e. The number of carbonyl (C=O) groups excluding carboxylic acids is 1. The number of anilines is 1. The lowest BCUT2D eigenvalue weighted by atomic mass is 9.96. The minimum Gasteiger partial charge on any atom is -0.357 e. The molecule has 1 aliphatic rings.